The first-order chi connectivity index (χ1) is 10.1. The normalized spacial score (nSPS) is 11.0. The molecule has 21 heavy (non-hydrogen) atoms. The highest BCUT2D eigenvalue weighted by Gasteiger charge is 2.16. The molecule has 5 nitrogen and oxygen atoms in total. The number of nitrogens with zero attached hydrogens (tertiary/aromatic N) is 3. The van der Waals surface area contributed by atoms with Crippen molar-refractivity contribution < 1.29 is 9.90 Å². The number of aliphatic hydroxyl groups is 1. The highest BCUT2D eigenvalue weighted by Crippen LogP contribution is 2.19. The summed E-state index contributed by atoms with van der Waals surface area (Å²) in [5, 5.41) is 9.50. The summed E-state index contributed by atoms with van der Waals surface area (Å²) in [4.78, 5) is 18.5. The molecule has 0 saturated carbocycles. The minimum absolute atomic E-state index is 0.0496. The van der Waals surface area contributed by atoms with Crippen LogP contribution in [0.4, 0.5) is 0 Å². The van der Waals surface area contributed by atoms with E-state index in [1.54, 1.807) is 4.90 Å². The van der Waals surface area contributed by atoms with E-state index in [4.69, 9.17) is 0 Å². The number of hydrogen-bond donors (Lipinski definition) is 1. The number of imidazole rings is 1. The van der Waals surface area contributed by atoms with Gasteiger partial charge < -0.3 is 14.6 Å². The third-order valence-electron chi connectivity index (χ3n) is 3.85. The summed E-state index contributed by atoms with van der Waals surface area (Å²) in [6, 6.07) is 6.05. The third-order valence-corrected chi connectivity index (χ3v) is 3.85. The number of aliphatic hydroxyl groups excluding tert-OH is 1. The second-order valence-corrected chi connectivity index (χ2v) is 5.01. The van der Waals surface area contributed by atoms with Crippen LogP contribution in [0.2, 0.25) is 0 Å². The number of fused-ring (bicyclic) bond motifs is 1. The van der Waals surface area contributed by atoms with Gasteiger partial charge in [-0.15, -0.1) is 0 Å². The average Bonchev–Trinajstić information content (AvgIpc) is 2.85. The van der Waals surface area contributed by atoms with E-state index in [1.165, 1.54) is 5.56 Å². The number of carbonyl (C=O) groups is 1. The highest BCUT2D eigenvalue weighted by atomic mass is 16.3. The Labute approximate surface area is 125 Å². The van der Waals surface area contributed by atoms with Gasteiger partial charge in [-0.25, -0.2) is 4.98 Å². The van der Waals surface area contributed by atoms with Crippen LogP contribution in [0.3, 0.4) is 0 Å². The SMILES string of the molecule is CCc1ccc2c(c1)nc(CO)n2CC(=O)N(CC)CC. The molecular weight excluding hydrogens is 266 g/mol. The first kappa shape index (κ1) is 15.5. The minimum Gasteiger partial charge on any atom is -0.388 e. The van der Waals surface area contributed by atoms with Gasteiger partial charge in [-0.2, -0.15) is 0 Å². The molecule has 0 aliphatic rings. The topological polar surface area (TPSA) is 58.4 Å². The molecule has 2 aromatic rings. The quantitative estimate of drug-likeness (QED) is 0.884. The largest absolute Gasteiger partial charge is 0.388 e. The predicted molar refractivity (Wildman–Crippen MR) is 83.0 cm³/mol. The summed E-state index contributed by atoms with van der Waals surface area (Å²) >= 11 is 0. The third kappa shape index (κ3) is 3.08. The van der Waals surface area contributed by atoms with Crippen molar-refractivity contribution in [2.24, 2.45) is 0 Å². The fourth-order valence-electron chi connectivity index (χ4n) is 2.55. The lowest BCUT2D eigenvalue weighted by molar-refractivity contribution is -0.131. The number of amides is 1. The van der Waals surface area contributed by atoms with E-state index in [1.807, 2.05) is 36.6 Å². The first-order valence-electron chi connectivity index (χ1n) is 7.51. The number of carbonyl (C=O) groups excluding carboxylic acids is 1. The van der Waals surface area contributed by atoms with Gasteiger partial charge in [-0.1, -0.05) is 13.0 Å². The van der Waals surface area contributed by atoms with Gasteiger partial charge in [-0.05, 0) is 38.0 Å². The van der Waals surface area contributed by atoms with Crippen molar-refractivity contribution >= 4 is 16.9 Å². The average molecular weight is 289 g/mol. The van der Waals surface area contributed by atoms with Crippen molar-refractivity contribution in [2.75, 3.05) is 13.1 Å². The lowest BCUT2D eigenvalue weighted by Crippen LogP contribution is -2.33. The maximum Gasteiger partial charge on any atom is 0.242 e. The van der Waals surface area contributed by atoms with Crippen molar-refractivity contribution in [2.45, 2.75) is 40.3 Å². The van der Waals surface area contributed by atoms with Crippen LogP contribution < -0.4 is 0 Å². The molecule has 1 amide bonds. The van der Waals surface area contributed by atoms with Gasteiger partial charge in [0.2, 0.25) is 5.91 Å². The van der Waals surface area contributed by atoms with Gasteiger partial charge in [0.15, 0.2) is 0 Å². The van der Waals surface area contributed by atoms with Crippen molar-refractivity contribution in [1.82, 2.24) is 14.5 Å². The summed E-state index contributed by atoms with van der Waals surface area (Å²) in [6.45, 7) is 7.46. The van der Waals surface area contributed by atoms with Crippen LogP contribution in [0.15, 0.2) is 18.2 Å². The van der Waals surface area contributed by atoms with E-state index in [0.717, 1.165) is 17.5 Å². The molecule has 1 aromatic carbocycles. The molecule has 0 atom stereocenters. The van der Waals surface area contributed by atoms with Gasteiger partial charge in [0.1, 0.15) is 19.0 Å². The first-order valence-corrected chi connectivity index (χ1v) is 7.51. The summed E-state index contributed by atoms with van der Waals surface area (Å²) in [5.41, 5.74) is 2.94. The van der Waals surface area contributed by atoms with E-state index in [-0.39, 0.29) is 19.1 Å². The Hall–Kier alpha value is -1.88. The lowest BCUT2D eigenvalue weighted by Gasteiger charge is -2.19. The maximum atomic E-state index is 12.3. The van der Waals surface area contributed by atoms with Crippen molar-refractivity contribution in [3.05, 3.63) is 29.6 Å². The van der Waals surface area contributed by atoms with Crippen LogP contribution in [0, 0.1) is 0 Å². The molecule has 0 radical (unpaired) electrons. The van der Waals surface area contributed by atoms with Crippen molar-refractivity contribution in [3.8, 4) is 0 Å². The number of benzene rings is 1. The predicted octanol–water partition coefficient (Wildman–Crippen LogP) is 1.96. The molecular formula is C16H23N3O2. The van der Waals surface area contributed by atoms with Crippen molar-refractivity contribution in [1.29, 1.82) is 0 Å². The summed E-state index contributed by atoms with van der Waals surface area (Å²) in [7, 11) is 0. The Kier molecular flexibility index (Phi) is 4.96. The van der Waals surface area contributed by atoms with E-state index < -0.39 is 0 Å². The molecule has 1 N–H and O–H groups in total. The molecule has 0 aliphatic heterocycles. The van der Waals surface area contributed by atoms with Gasteiger partial charge >= 0.3 is 0 Å². The number of aromatic nitrogens is 2. The Morgan fingerprint density at radius 1 is 1.29 bits per heavy atom. The molecule has 0 saturated heterocycles. The molecule has 0 bridgehead atoms. The van der Waals surface area contributed by atoms with E-state index >= 15 is 0 Å². The van der Waals surface area contributed by atoms with Gasteiger partial charge in [0.05, 0.1) is 11.0 Å². The molecule has 0 unspecified atom stereocenters. The fourth-order valence-corrected chi connectivity index (χ4v) is 2.55. The summed E-state index contributed by atoms with van der Waals surface area (Å²) in [5.74, 6) is 0.590. The molecule has 2 rings (SSSR count). The minimum atomic E-state index is -0.165. The van der Waals surface area contributed by atoms with Crippen LogP contribution in [-0.4, -0.2) is 38.6 Å². The van der Waals surface area contributed by atoms with E-state index in [9.17, 15) is 9.90 Å². The monoisotopic (exact) mass is 289 g/mol. The van der Waals surface area contributed by atoms with Crippen LogP contribution >= 0.6 is 0 Å². The Morgan fingerprint density at radius 3 is 2.57 bits per heavy atom. The Morgan fingerprint density at radius 2 is 2.00 bits per heavy atom. The van der Waals surface area contributed by atoms with Crippen LogP contribution in [-0.2, 0) is 24.4 Å². The highest BCUT2D eigenvalue weighted by molar-refractivity contribution is 5.81. The number of hydrogen-bond acceptors (Lipinski definition) is 3. The molecule has 0 fully saturated rings. The van der Waals surface area contributed by atoms with Crippen LogP contribution in [0.1, 0.15) is 32.2 Å². The van der Waals surface area contributed by atoms with Crippen LogP contribution in [0.5, 0.6) is 0 Å². The second-order valence-electron chi connectivity index (χ2n) is 5.01. The second kappa shape index (κ2) is 6.72. The standard InChI is InChI=1S/C16H23N3O2/c1-4-12-7-8-14-13(9-12)17-15(11-20)19(14)10-16(21)18(5-2)6-3/h7-9,20H,4-6,10-11H2,1-3H3. The lowest BCUT2D eigenvalue weighted by atomic mass is 10.1. The molecule has 0 aliphatic carbocycles. The Balaban J connectivity index is 2.40. The zero-order valence-electron chi connectivity index (χ0n) is 13.0. The molecule has 5 heteroatoms. The molecule has 1 aromatic heterocycles. The van der Waals surface area contributed by atoms with Crippen molar-refractivity contribution in [3.63, 3.8) is 0 Å². The number of aryl methyl sites for hydroxylation is 1. The summed E-state index contributed by atoms with van der Waals surface area (Å²) < 4.78 is 1.81. The summed E-state index contributed by atoms with van der Waals surface area (Å²) in [6.07, 6.45) is 0.940. The van der Waals surface area contributed by atoms with Gasteiger partial charge in [0.25, 0.3) is 0 Å². The smallest absolute Gasteiger partial charge is 0.242 e. The zero-order chi connectivity index (χ0) is 15.4. The molecule has 1 heterocycles. The van der Waals surface area contributed by atoms with E-state index in [2.05, 4.69) is 11.9 Å². The fraction of sp³-hybridized carbons (Fsp3) is 0.500. The Bertz CT molecular complexity index is 630. The zero-order valence-corrected chi connectivity index (χ0v) is 13.0. The van der Waals surface area contributed by atoms with Gasteiger partial charge in [-0.3, -0.25) is 4.79 Å². The molecule has 114 valence electrons. The number of likely N-dealkylation sites (N-methyl/N-ethyl adjacent to an activating group) is 1. The maximum absolute atomic E-state index is 12.3. The molecule has 0 spiro atoms. The van der Waals surface area contributed by atoms with E-state index in [0.29, 0.717) is 18.9 Å². The van der Waals surface area contributed by atoms with Crippen LogP contribution in [0.25, 0.3) is 11.0 Å². The van der Waals surface area contributed by atoms with Gasteiger partial charge in [0, 0.05) is 13.1 Å². The number of rotatable bonds is 6.